The number of carbonyl (C=O) groups is 4. The van der Waals surface area contributed by atoms with E-state index in [0.29, 0.717) is 76.4 Å². The van der Waals surface area contributed by atoms with Crippen molar-refractivity contribution in [2.45, 2.75) is 52.6 Å². The van der Waals surface area contributed by atoms with E-state index in [9.17, 15) is 24.0 Å². The highest BCUT2D eigenvalue weighted by molar-refractivity contribution is 6.00. The number of pyridine rings is 3. The smallest absolute Gasteiger partial charge is 0.321 e. The van der Waals surface area contributed by atoms with Crippen LogP contribution < -0.4 is 53.8 Å². The zero-order valence-electron chi connectivity index (χ0n) is 64.7. The van der Waals surface area contributed by atoms with Crippen LogP contribution in [0.2, 0.25) is 0 Å². The second kappa shape index (κ2) is 34.6. The summed E-state index contributed by atoms with van der Waals surface area (Å²) in [4.78, 5) is 117. The highest BCUT2D eigenvalue weighted by Gasteiger charge is 2.26. The van der Waals surface area contributed by atoms with Crippen molar-refractivity contribution >= 4 is 104 Å². The van der Waals surface area contributed by atoms with Crippen molar-refractivity contribution < 1.29 is 23.6 Å². The van der Waals surface area contributed by atoms with Gasteiger partial charge in [-0.3, -0.25) is 40.4 Å². The number of imidazole rings is 5. The van der Waals surface area contributed by atoms with E-state index < -0.39 is 11.8 Å². The summed E-state index contributed by atoms with van der Waals surface area (Å²) < 4.78 is 23.9. The molecule has 1 atom stereocenters. The summed E-state index contributed by atoms with van der Waals surface area (Å²) in [5.41, 5.74) is 21.1. The van der Waals surface area contributed by atoms with E-state index in [-0.39, 0.29) is 58.9 Å². The number of nitrogens with zero attached hydrogens (tertiary/aromatic N) is 18. The van der Waals surface area contributed by atoms with Crippen molar-refractivity contribution in [3.63, 3.8) is 0 Å². The molecular weight excluding hydrogens is 1530 g/mol. The van der Waals surface area contributed by atoms with Crippen LogP contribution in [-0.2, 0) is 0 Å². The number of nitrogen functional groups attached to an aromatic ring is 1. The van der Waals surface area contributed by atoms with Gasteiger partial charge in [-0.15, -0.1) is 0 Å². The largest absolute Gasteiger partial charge is 0.368 e. The molecule has 1 saturated carbocycles. The average Bonchev–Trinajstić information content (AvgIpc) is 1.52. The van der Waals surface area contributed by atoms with Crippen LogP contribution in [0, 0.1) is 5.82 Å². The first-order chi connectivity index (χ1) is 58.6. The van der Waals surface area contributed by atoms with Gasteiger partial charge in [-0.2, -0.15) is 15.3 Å². The highest BCUT2D eigenvalue weighted by Crippen LogP contribution is 2.37. The summed E-state index contributed by atoms with van der Waals surface area (Å²) in [5.74, 6) is 1.40. The van der Waals surface area contributed by atoms with Crippen molar-refractivity contribution in [2.24, 2.45) is 0 Å². The van der Waals surface area contributed by atoms with Crippen LogP contribution >= 0.6 is 0 Å². The number of halogens is 1. The second-order valence-corrected chi connectivity index (χ2v) is 27.2. The van der Waals surface area contributed by atoms with Crippen LogP contribution in [0.25, 0.3) is 123 Å². The lowest BCUT2D eigenvalue weighted by Crippen LogP contribution is -2.30. The van der Waals surface area contributed by atoms with Gasteiger partial charge in [0.15, 0.2) is 5.82 Å². The number of amides is 8. The summed E-state index contributed by atoms with van der Waals surface area (Å²) in [6.07, 6.45) is 29.6. The molecule has 13 heterocycles. The van der Waals surface area contributed by atoms with E-state index in [0.717, 1.165) is 91.0 Å². The standard InChI is InChI=1S/C26H25N7O2.C21H18N8O.C19H17N7O.C17H16FN9O/c1-3-27-26(35)31-25-29-21-14-20(15-22(24(21)30-25)33-12-7-11-28-33)19-10-13-32(23(34)16-19)17(2)18-8-5-4-6-9-18;1-2-23-21(30)28-19-25-16-10-14(13-5-3-6-22-11-13)9-15(18(16)27-19)17-12-29-8-4-7-24-20(29)26-17;27-19(22-14-4-5-14)25-18-23-15-9-13(12-3-1-6-20-11-12)10-16(17(15)24-18)26-8-2-7-21-26;1-2-20-17(28)26-16-24-11-6-10(9-7-21-15(19)22-8-9)12(18)14(13(11)25-16)27-5-3-4-23-27/h4-17H,3H2,1-2H3,(H3,27,29,30,31,35);3-12H,2H2,1H3,(H3,23,25,27,28,30);1-3,6-11,14H,4-5H2,(H3,22,23,24,25,27);3-8H,2H2,1H3,(H2,19,21,22)(H3,20,24,25,26,28). The molecule has 1 fully saturated rings. The van der Waals surface area contributed by atoms with E-state index >= 15 is 4.39 Å². The molecule has 0 bridgehead atoms. The summed E-state index contributed by atoms with van der Waals surface area (Å²) in [5, 5.41) is 34.5. The van der Waals surface area contributed by atoms with Crippen molar-refractivity contribution in [3.05, 3.63) is 254 Å². The number of fused-ring (bicyclic) bond motifs is 5. The summed E-state index contributed by atoms with van der Waals surface area (Å²) >= 11 is 0. The number of nitrogens with one attached hydrogen (secondary N) is 12. The Morgan fingerprint density at radius 3 is 1.48 bits per heavy atom. The fourth-order valence-corrected chi connectivity index (χ4v) is 13.2. The molecule has 37 heteroatoms. The summed E-state index contributed by atoms with van der Waals surface area (Å²) in [7, 11) is 0. The van der Waals surface area contributed by atoms with Gasteiger partial charge in [-0.25, -0.2) is 77.5 Å². The van der Waals surface area contributed by atoms with E-state index in [4.69, 9.17) is 5.73 Å². The monoisotopic (exact) mass is 1610 g/mol. The van der Waals surface area contributed by atoms with Gasteiger partial charge in [0.25, 0.3) is 5.56 Å². The number of urea groups is 4. The molecule has 1 aliphatic carbocycles. The molecule has 0 saturated heterocycles. The zero-order valence-corrected chi connectivity index (χ0v) is 64.7. The van der Waals surface area contributed by atoms with E-state index in [1.54, 1.807) is 82.4 Å². The van der Waals surface area contributed by atoms with Gasteiger partial charge < -0.3 is 51.5 Å². The molecule has 600 valence electrons. The first kappa shape index (κ1) is 77.3. The average molecular weight is 1610 g/mol. The normalized spacial score (nSPS) is 11.9. The maximum atomic E-state index is 15.4. The van der Waals surface area contributed by atoms with Crippen molar-refractivity contribution in [2.75, 3.05) is 46.6 Å². The summed E-state index contributed by atoms with van der Waals surface area (Å²) in [6.45, 7) is 8.99. The minimum absolute atomic E-state index is 0.0876. The molecule has 18 aromatic rings. The fourth-order valence-electron chi connectivity index (χ4n) is 13.2. The topological polar surface area (TPSA) is 462 Å². The number of carbonyl (C=O) groups excluding carboxylic acids is 4. The fraction of sp³-hybridized carbons (Fsp3) is 0.133. The Balaban J connectivity index is 0.000000120. The number of hydrogen-bond acceptors (Lipinski definition) is 19. The Labute approximate surface area is 679 Å². The molecule has 120 heavy (non-hydrogen) atoms. The van der Waals surface area contributed by atoms with Gasteiger partial charge in [0, 0.05) is 159 Å². The number of aromatic amines is 4. The van der Waals surface area contributed by atoms with Crippen LogP contribution in [0.15, 0.2) is 237 Å². The Kier molecular flexibility index (Phi) is 22.3. The number of benzene rings is 5. The van der Waals surface area contributed by atoms with Gasteiger partial charge >= 0.3 is 24.1 Å². The first-order valence-corrected chi connectivity index (χ1v) is 38.1. The molecule has 36 nitrogen and oxygen atoms in total. The van der Waals surface area contributed by atoms with Crippen LogP contribution in [0.4, 0.5) is 53.3 Å². The molecule has 19 rings (SSSR count). The SMILES string of the molecule is CCNC(=O)Nc1nc2c(-c3cn4cccnc4n3)cc(-c3cccnc3)cc2[nH]1.CCNC(=O)Nc1nc2c(-n3cccn3)c(F)c(-c3cnc(N)nc3)cc2[nH]1.CCNC(=O)Nc1nc2c(-n3cccn3)cc(-c3ccn(C(C)c4ccccc4)c(=O)c3)cc2[nH]1.O=C(Nc1nc2c(-n3cccn3)cc(-c3cccnc3)cc2[nH]1)NC1CC1. The molecule has 14 N–H and O–H groups in total. The lowest BCUT2D eigenvalue weighted by molar-refractivity contribution is 0.251. The van der Waals surface area contributed by atoms with Gasteiger partial charge in [-0.1, -0.05) is 42.5 Å². The van der Waals surface area contributed by atoms with Crippen molar-refractivity contribution in [1.29, 1.82) is 0 Å². The minimum atomic E-state index is -0.555. The number of nitrogens with two attached hydrogens (primary N) is 1. The van der Waals surface area contributed by atoms with Crippen LogP contribution in [0.3, 0.4) is 0 Å². The van der Waals surface area contributed by atoms with Gasteiger partial charge in [0.05, 0.1) is 45.2 Å². The third-order valence-electron chi connectivity index (χ3n) is 19.0. The molecule has 1 aliphatic rings. The van der Waals surface area contributed by atoms with Crippen LogP contribution in [0.1, 0.15) is 52.1 Å². The van der Waals surface area contributed by atoms with Crippen LogP contribution in [0.5, 0.6) is 0 Å². The highest BCUT2D eigenvalue weighted by atomic mass is 19.1. The minimum Gasteiger partial charge on any atom is -0.368 e. The molecule has 13 aromatic heterocycles. The molecule has 5 aromatic carbocycles. The van der Waals surface area contributed by atoms with Gasteiger partial charge in [0.2, 0.25) is 35.5 Å². The maximum Gasteiger partial charge on any atom is 0.321 e. The lowest BCUT2D eigenvalue weighted by Gasteiger charge is -2.16. The Hall–Kier alpha value is -16.6. The number of anilines is 5. The quantitative estimate of drug-likeness (QED) is 0.0379. The molecular formula is C83H76FN31O5. The molecule has 0 aliphatic heterocycles. The molecule has 0 radical (unpaired) electrons. The van der Waals surface area contributed by atoms with Crippen molar-refractivity contribution in [1.82, 2.24) is 129 Å². The van der Waals surface area contributed by atoms with E-state index in [1.807, 2.05) is 178 Å². The second-order valence-electron chi connectivity index (χ2n) is 27.2. The maximum absolute atomic E-state index is 15.4. The predicted octanol–water partition coefficient (Wildman–Crippen LogP) is 13.0. The number of hydrogen-bond donors (Lipinski definition) is 13. The zero-order chi connectivity index (χ0) is 82.8. The van der Waals surface area contributed by atoms with E-state index in [1.165, 1.54) is 23.3 Å². The van der Waals surface area contributed by atoms with Crippen molar-refractivity contribution in [3.8, 4) is 72.8 Å². The molecule has 1 unspecified atom stereocenters. The lowest BCUT2D eigenvalue weighted by atomic mass is 10.0. The number of H-pyrrole nitrogens is 4. The van der Waals surface area contributed by atoms with Gasteiger partial charge in [0.1, 0.15) is 27.8 Å². The molecule has 8 amide bonds. The Morgan fingerprint density at radius 1 is 0.475 bits per heavy atom. The Bertz CT molecular complexity index is 6710. The predicted molar refractivity (Wildman–Crippen MR) is 453 cm³/mol. The third kappa shape index (κ3) is 17.4. The van der Waals surface area contributed by atoms with Crippen LogP contribution in [-0.4, -0.2) is 158 Å². The summed E-state index contributed by atoms with van der Waals surface area (Å²) in [6, 6.07) is 40.8. The first-order valence-electron chi connectivity index (χ1n) is 38.1. The Morgan fingerprint density at radius 2 is 0.975 bits per heavy atom. The molecule has 0 spiro atoms. The third-order valence-corrected chi connectivity index (χ3v) is 19.0. The van der Waals surface area contributed by atoms with Gasteiger partial charge in [-0.05, 0) is 153 Å². The number of aromatic nitrogens is 22. The van der Waals surface area contributed by atoms with E-state index in [2.05, 4.69) is 128 Å². The number of rotatable bonds is 18.